The van der Waals surface area contributed by atoms with Crippen molar-refractivity contribution in [3.05, 3.63) is 30.1 Å². The van der Waals surface area contributed by atoms with Crippen LogP contribution in [-0.2, 0) is 44.5 Å². The second kappa shape index (κ2) is 21.6. The number of hydrogen-bond donors (Lipinski definition) is 5. The molecule has 0 aromatic carbocycles. The van der Waals surface area contributed by atoms with Crippen LogP contribution in [-0.4, -0.2) is 172 Å². The van der Waals surface area contributed by atoms with Crippen LogP contribution in [0.15, 0.2) is 24.5 Å². The highest BCUT2D eigenvalue weighted by molar-refractivity contribution is 5.73. The lowest BCUT2D eigenvalue weighted by Gasteiger charge is -2.48. The molecule has 5 N–H and O–H groups in total. The van der Waals surface area contributed by atoms with E-state index < -0.39 is 102 Å². The summed E-state index contributed by atoms with van der Waals surface area (Å²) in [5.74, 6) is -2.83. The van der Waals surface area contributed by atoms with E-state index in [1.165, 1.54) is 14.0 Å². The van der Waals surface area contributed by atoms with Crippen LogP contribution in [0.1, 0.15) is 100 Å². The van der Waals surface area contributed by atoms with E-state index in [2.05, 4.69) is 10.3 Å². The zero-order chi connectivity index (χ0) is 46.5. The smallest absolute Gasteiger partial charge is 0.407 e. The number of hydrogen-bond acceptors (Lipinski definition) is 16. The number of amides is 1. The molecule has 17 heteroatoms. The number of carbonyl (C=O) groups excluding carboxylic acids is 2. The standard InChI is InChI=1S/C45H78N4O13/c1-15-33-45(10,55)39(62-42(53)47-23-31-16-18-46-19-17-31)29(6)49(13)24-25(2)21-43(8,54)38(61-41-35(50)32(48(11)12)20-26(3)57-41)27(4)36(28(5)40(52)59-33)60-34-22-44(9,56-14)37(51)30(7)58-34/h16-19,25-30,32-39,41,50-51,54-55H,15,20-24H2,1-14H3,(H,47,53)/t25-,26-,27+,28-,29-,30+,32+,33-,34+,35-,36+,37+,38-,39-,41+,43-,44-,45-/m1/s1. The van der Waals surface area contributed by atoms with Crippen LogP contribution in [0.4, 0.5) is 4.79 Å². The van der Waals surface area contributed by atoms with Crippen molar-refractivity contribution in [3.63, 3.8) is 0 Å². The summed E-state index contributed by atoms with van der Waals surface area (Å²) in [5, 5.41) is 50.7. The van der Waals surface area contributed by atoms with E-state index in [-0.39, 0.29) is 43.9 Å². The minimum absolute atomic E-state index is 0.101. The van der Waals surface area contributed by atoms with Gasteiger partial charge in [-0.3, -0.25) is 14.7 Å². The molecule has 3 aliphatic heterocycles. The van der Waals surface area contributed by atoms with Crippen LogP contribution in [0.25, 0.3) is 0 Å². The second-order valence-electron chi connectivity index (χ2n) is 19.3. The Bertz CT molecular complexity index is 1570. The SMILES string of the molecule is CC[C@H]1OC(=O)[C@H](C)[C@@H](O[C@H]2C[C@@](C)(OC)[C@@H](O)[C@H](C)O2)[C@H](C)[C@@H](O[C@@H]2O[C@H](C)C[C@H](N(C)C)[C@H]2O)[C@](C)(O)C[C@@H](C)CN(C)[C@H](C)[C@@H](OC(=O)NCc2ccncc2)[C@]1(C)O. The largest absolute Gasteiger partial charge is 0.459 e. The van der Waals surface area contributed by atoms with Gasteiger partial charge >= 0.3 is 12.1 Å². The Kier molecular flexibility index (Phi) is 18.2. The van der Waals surface area contributed by atoms with Crippen LogP contribution in [0.3, 0.4) is 0 Å². The summed E-state index contributed by atoms with van der Waals surface area (Å²) in [7, 11) is 7.10. The molecule has 0 spiro atoms. The van der Waals surface area contributed by atoms with Crippen molar-refractivity contribution < 1.29 is 63.2 Å². The lowest BCUT2D eigenvalue weighted by atomic mass is 9.77. The summed E-state index contributed by atoms with van der Waals surface area (Å²) < 4.78 is 44.1. The van der Waals surface area contributed by atoms with Gasteiger partial charge in [-0.15, -0.1) is 0 Å². The average Bonchev–Trinajstić information content (AvgIpc) is 3.20. The fourth-order valence-electron chi connectivity index (χ4n) is 9.77. The first-order valence-corrected chi connectivity index (χ1v) is 22.2. The molecule has 0 saturated carbocycles. The molecule has 3 saturated heterocycles. The van der Waals surface area contributed by atoms with Crippen LogP contribution < -0.4 is 5.32 Å². The number of nitrogens with one attached hydrogen (secondary N) is 1. The van der Waals surface area contributed by atoms with E-state index in [1.807, 2.05) is 58.6 Å². The van der Waals surface area contributed by atoms with Crippen LogP contribution in [0.2, 0.25) is 0 Å². The molecule has 1 aromatic rings. The van der Waals surface area contributed by atoms with Gasteiger partial charge in [-0.1, -0.05) is 20.8 Å². The molecule has 4 rings (SSSR count). The zero-order valence-corrected chi connectivity index (χ0v) is 39.5. The zero-order valence-electron chi connectivity index (χ0n) is 39.5. The Labute approximate surface area is 369 Å². The molecule has 3 aliphatic rings. The number of aliphatic hydroxyl groups excluding tert-OH is 2. The molecule has 1 amide bonds. The molecule has 62 heavy (non-hydrogen) atoms. The maximum Gasteiger partial charge on any atom is 0.407 e. The molecule has 18 atom stereocenters. The number of pyridine rings is 1. The van der Waals surface area contributed by atoms with Crippen LogP contribution in [0, 0.1) is 17.8 Å². The first-order chi connectivity index (χ1) is 28.9. The van der Waals surface area contributed by atoms with Crippen molar-refractivity contribution in [1.29, 1.82) is 0 Å². The van der Waals surface area contributed by atoms with E-state index >= 15 is 0 Å². The highest BCUT2D eigenvalue weighted by Crippen LogP contribution is 2.40. The molecule has 4 heterocycles. The van der Waals surface area contributed by atoms with Gasteiger partial charge in [0.05, 0.1) is 41.5 Å². The third-order valence-electron chi connectivity index (χ3n) is 13.6. The first kappa shape index (κ1) is 52.1. The van der Waals surface area contributed by atoms with Crippen molar-refractivity contribution in [2.45, 2.75) is 192 Å². The normalized spacial score (nSPS) is 43.3. The monoisotopic (exact) mass is 883 g/mol. The van der Waals surface area contributed by atoms with Gasteiger partial charge in [-0.2, -0.15) is 0 Å². The van der Waals surface area contributed by atoms with E-state index in [1.54, 1.807) is 59.1 Å². The first-order valence-electron chi connectivity index (χ1n) is 22.2. The summed E-state index contributed by atoms with van der Waals surface area (Å²) in [6.07, 6.45) is -6.25. The maximum absolute atomic E-state index is 14.6. The van der Waals surface area contributed by atoms with E-state index in [0.717, 1.165) is 5.56 Å². The predicted octanol–water partition coefficient (Wildman–Crippen LogP) is 3.23. The van der Waals surface area contributed by atoms with E-state index in [9.17, 15) is 30.0 Å². The molecule has 0 bridgehead atoms. The van der Waals surface area contributed by atoms with Crippen molar-refractivity contribution in [3.8, 4) is 0 Å². The van der Waals surface area contributed by atoms with Crippen molar-refractivity contribution in [2.75, 3.05) is 34.8 Å². The number of aromatic nitrogens is 1. The average molecular weight is 883 g/mol. The van der Waals surface area contributed by atoms with E-state index in [4.69, 9.17) is 33.2 Å². The third kappa shape index (κ3) is 12.4. The lowest BCUT2D eigenvalue weighted by molar-refractivity contribution is -0.318. The Balaban J connectivity index is 1.80. The number of likely N-dealkylation sites (N-methyl/N-ethyl adjacent to an activating group) is 2. The van der Waals surface area contributed by atoms with Crippen molar-refractivity contribution in [2.24, 2.45) is 17.8 Å². The van der Waals surface area contributed by atoms with Gasteiger partial charge < -0.3 is 63.8 Å². The van der Waals surface area contributed by atoms with Gasteiger partial charge in [0, 0.05) is 57.0 Å². The van der Waals surface area contributed by atoms with E-state index in [0.29, 0.717) is 13.0 Å². The van der Waals surface area contributed by atoms with Gasteiger partial charge in [0.1, 0.15) is 23.9 Å². The highest BCUT2D eigenvalue weighted by atomic mass is 16.7. The van der Waals surface area contributed by atoms with Crippen molar-refractivity contribution >= 4 is 12.1 Å². The number of ether oxygens (including phenoxy) is 7. The lowest BCUT2D eigenvalue weighted by Crippen LogP contribution is -2.61. The Morgan fingerprint density at radius 3 is 2.24 bits per heavy atom. The Morgan fingerprint density at radius 2 is 1.65 bits per heavy atom. The number of nitrogens with zero attached hydrogens (tertiary/aromatic N) is 3. The molecule has 356 valence electrons. The molecule has 0 radical (unpaired) electrons. The number of aliphatic hydroxyl groups is 4. The molecular formula is C45H78N4O13. The third-order valence-corrected chi connectivity index (χ3v) is 13.6. The number of methoxy groups -OCH3 is 1. The predicted molar refractivity (Wildman–Crippen MR) is 230 cm³/mol. The molecule has 0 aliphatic carbocycles. The fraction of sp³-hybridized carbons (Fsp3) is 0.844. The summed E-state index contributed by atoms with van der Waals surface area (Å²) in [5.41, 5.74) is -3.78. The van der Waals surface area contributed by atoms with Crippen LogP contribution >= 0.6 is 0 Å². The number of esters is 1. The quantitative estimate of drug-likeness (QED) is 0.214. The summed E-state index contributed by atoms with van der Waals surface area (Å²) in [6, 6.07) is 2.61. The second-order valence-corrected chi connectivity index (χ2v) is 19.3. The summed E-state index contributed by atoms with van der Waals surface area (Å²) >= 11 is 0. The Hall–Kier alpha value is -2.55. The minimum Gasteiger partial charge on any atom is -0.459 e. The summed E-state index contributed by atoms with van der Waals surface area (Å²) in [4.78, 5) is 36.0. The Morgan fingerprint density at radius 1 is 1.00 bits per heavy atom. The van der Waals surface area contributed by atoms with Gasteiger partial charge in [-0.25, -0.2) is 4.79 Å². The van der Waals surface area contributed by atoms with Gasteiger partial charge in [-0.05, 0) is 112 Å². The maximum atomic E-state index is 14.6. The number of rotatable bonds is 10. The summed E-state index contributed by atoms with van der Waals surface area (Å²) in [6.45, 7) is 18.1. The number of carbonyl (C=O) groups is 2. The molecule has 1 aromatic heterocycles. The van der Waals surface area contributed by atoms with Crippen LogP contribution in [0.5, 0.6) is 0 Å². The minimum atomic E-state index is -1.90. The number of alkyl carbamates (subject to hydrolysis) is 1. The highest BCUT2D eigenvalue weighted by Gasteiger charge is 2.53. The molecule has 17 nitrogen and oxygen atoms in total. The van der Waals surface area contributed by atoms with Gasteiger partial charge in [0.25, 0.3) is 0 Å². The molecular weight excluding hydrogens is 805 g/mol. The van der Waals surface area contributed by atoms with Gasteiger partial charge in [0.15, 0.2) is 18.7 Å². The number of cyclic esters (lactones) is 1. The van der Waals surface area contributed by atoms with Crippen molar-refractivity contribution in [1.82, 2.24) is 20.1 Å². The fourth-order valence-corrected chi connectivity index (χ4v) is 9.77. The molecule has 3 fully saturated rings. The topological polar surface area (TPSA) is 211 Å². The molecule has 0 unspecified atom stereocenters. The van der Waals surface area contributed by atoms with Gasteiger partial charge in [0.2, 0.25) is 0 Å².